The fraction of sp³-hybridized carbons (Fsp3) is 0.333. The molecule has 1 aliphatic rings. The van der Waals surface area contributed by atoms with Crippen molar-refractivity contribution < 1.29 is 24.5 Å². The summed E-state index contributed by atoms with van der Waals surface area (Å²) in [5, 5.41) is 18.5. The van der Waals surface area contributed by atoms with Crippen molar-refractivity contribution in [2.24, 2.45) is 0 Å². The number of ether oxygens (including phenoxy) is 1. The van der Waals surface area contributed by atoms with E-state index in [-0.39, 0.29) is 23.6 Å². The normalized spacial score (nSPS) is 15.6. The van der Waals surface area contributed by atoms with Gasteiger partial charge in [0.1, 0.15) is 6.10 Å². The number of likely N-dealkylation sites (tertiary alicyclic amines) is 1. The Balaban J connectivity index is 1.23. The highest BCUT2D eigenvalue weighted by atomic mass is 16.5. The van der Waals surface area contributed by atoms with Crippen LogP contribution in [0.1, 0.15) is 64.9 Å². The van der Waals surface area contributed by atoms with Crippen LogP contribution in [0.15, 0.2) is 84.9 Å². The number of hydrogen-bond donors (Lipinski definition) is 2. The minimum Gasteiger partial charge on any atom is -0.479 e. The zero-order chi connectivity index (χ0) is 25.3. The average Bonchev–Trinajstić information content (AvgIpc) is 2.93. The number of nitrogens with zero attached hydrogens (tertiary/aromatic N) is 1. The molecule has 3 aromatic rings. The van der Waals surface area contributed by atoms with E-state index in [4.69, 9.17) is 9.84 Å². The van der Waals surface area contributed by atoms with Gasteiger partial charge in [0.15, 0.2) is 11.9 Å². The van der Waals surface area contributed by atoms with E-state index >= 15 is 0 Å². The Bertz CT molecular complexity index is 1070. The fourth-order valence-electron chi connectivity index (χ4n) is 4.67. The van der Waals surface area contributed by atoms with E-state index in [0.717, 1.165) is 50.0 Å². The number of rotatable bonds is 11. The third-order valence-corrected chi connectivity index (χ3v) is 6.73. The summed E-state index contributed by atoms with van der Waals surface area (Å²) in [5.74, 6) is -1.28. The minimum absolute atomic E-state index is 0.0261. The van der Waals surface area contributed by atoms with Gasteiger partial charge in [-0.3, -0.25) is 4.79 Å². The maximum Gasteiger partial charge on any atom is 0.337 e. The summed E-state index contributed by atoms with van der Waals surface area (Å²) >= 11 is 0. The molecule has 0 aliphatic carbocycles. The van der Waals surface area contributed by atoms with Gasteiger partial charge in [0.05, 0.1) is 6.10 Å². The zero-order valence-corrected chi connectivity index (χ0v) is 20.3. The van der Waals surface area contributed by atoms with E-state index < -0.39 is 12.1 Å². The fourth-order valence-corrected chi connectivity index (χ4v) is 4.67. The van der Waals surface area contributed by atoms with E-state index in [0.29, 0.717) is 12.0 Å². The highest BCUT2D eigenvalue weighted by molar-refractivity contribution is 5.96. The van der Waals surface area contributed by atoms with Crippen LogP contribution in [0.4, 0.5) is 0 Å². The summed E-state index contributed by atoms with van der Waals surface area (Å²) in [6.45, 7) is 2.74. The van der Waals surface area contributed by atoms with Crippen molar-refractivity contribution >= 4 is 11.8 Å². The molecule has 2 N–H and O–H groups in total. The molecule has 1 unspecified atom stereocenters. The Labute approximate surface area is 212 Å². The topological polar surface area (TPSA) is 87.1 Å². The van der Waals surface area contributed by atoms with Crippen LogP contribution in [-0.2, 0) is 9.53 Å². The standard InChI is InChI=1S/C30H33NO5/c32-27(22-13-15-23(16-14-22)28(33)30(34)35)12-7-19-31-20-17-26(18-21-31)36-29(24-8-3-1-4-9-24)25-10-5-2-6-11-25/h1-6,8-11,13-16,26,28-29,33H,7,12,17-21H2,(H,34,35). The molecule has 1 aliphatic heterocycles. The first-order valence-electron chi connectivity index (χ1n) is 12.5. The molecule has 188 valence electrons. The summed E-state index contributed by atoms with van der Waals surface area (Å²) in [6.07, 6.45) is 1.64. The lowest BCUT2D eigenvalue weighted by atomic mass is 10.00. The number of aliphatic hydroxyl groups is 1. The molecule has 0 aromatic heterocycles. The molecule has 0 saturated carbocycles. The minimum atomic E-state index is -1.57. The van der Waals surface area contributed by atoms with Crippen molar-refractivity contribution in [3.05, 3.63) is 107 Å². The Morgan fingerprint density at radius 3 is 1.92 bits per heavy atom. The van der Waals surface area contributed by atoms with E-state index in [1.54, 1.807) is 12.1 Å². The molecular weight excluding hydrogens is 454 g/mol. The summed E-state index contributed by atoms with van der Waals surface area (Å²) in [4.78, 5) is 25.8. The molecule has 0 radical (unpaired) electrons. The predicted octanol–water partition coefficient (Wildman–Crippen LogP) is 5.04. The van der Waals surface area contributed by atoms with Crippen molar-refractivity contribution in [2.75, 3.05) is 19.6 Å². The number of carbonyl (C=O) groups is 2. The number of carboxylic acid groups (broad SMARTS) is 1. The first-order valence-corrected chi connectivity index (χ1v) is 12.5. The quantitative estimate of drug-likeness (QED) is 0.369. The van der Waals surface area contributed by atoms with Gasteiger partial charge in [-0.2, -0.15) is 0 Å². The smallest absolute Gasteiger partial charge is 0.337 e. The number of carbonyl (C=O) groups excluding carboxylic acids is 1. The molecule has 0 spiro atoms. The second kappa shape index (κ2) is 12.6. The zero-order valence-electron chi connectivity index (χ0n) is 20.3. The van der Waals surface area contributed by atoms with Gasteiger partial charge in [0.25, 0.3) is 0 Å². The maximum atomic E-state index is 12.5. The van der Waals surface area contributed by atoms with Crippen molar-refractivity contribution in [2.45, 2.75) is 44.0 Å². The van der Waals surface area contributed by atoms with Crippen LogP contribution in [0.5, 0.6) is 0 Å². The van der Waals surface area contributed by atoms with Crippen molar-refractivity contribution in [1.82, 2.24) is 4.90 Å². The molecule has 1 atom stereocenters. The van der Waals surface area contributed by atoms with Crippen LogP contribution in [0.2, 0.25) is 0 Å². The second-order valence-corrected chi connectivity index (χ2v) is 9.27. The van der Waals surface area contributed by atoms with Gasteiger partial charge in [0, 0.05) is 25.1 Å². The van der Waals surface area contributed by atoms with Gasteiger partial charge in [-0.1, -0.05) is 84.9 Å². The third-order valence-electron chi connectivity index (χ3n) is 6.73. The average molecular weight is 488 g/mol. The molecule has 1 saturated heterocycles. The van der Waals surface area contributed by atoms with E-state index in [9.17, 15) is 14.7 Å². The van der Waals surface area contributed by atoms with Crippen LogP contribution < -0.4 is 0 Å². The Morgan fingerprint density at radius 2 is 1.39 bits per heavy atom. The molecule has 6 heteroatoms. The number of hydrogen-bond acceptors (Lipinski definition) is 5. The number of carboxylic acids is 1. The Morgan fingerprint density at radius 1 is 0.833 bits per heavy atom. The molecule has 1 heterocycles. The molecule has 0 bridgehead atoms. The maximum absolute atomic E-state index is 12.5. The molecule has 1 fully saturated rings. The Kier molecular flexibility index (Phi) is 9.01. The molecular formula is C30H33NO5. The molecule has 3 aromatic carbocycles. The van der Waals surface area contributed by atoms with Crippen LogP contribution in [-0.4, -0.2) is 52.6 Å². The lowest BCUT2D eigenvalue weighted by Gasteiger charge is -2.34. The highest BCUT2D eigenvalue weighted by Crippen LogP contribution is 2.30. The van der Waals surface area contributed by atoms with Gasteiger partial charge in [-0.05, 0) is 42.5 Å². The number of ketones is 1. The van der Waals surface area contributed by atoms with E-state index in [1.165, 1.54) is 12.1 Å². The summed E-state index contributed by atoms with van der Waals surface area (Å²) in [7, 11) is 0. The van der Waals surface area contributed by atoms with Crippen molar-refractivity contribution in [3.8, 4) is 0 Å². The van der Waals surface area contributed by atoms with Crippen LogP contribution in [0.25, 0.3) is 0 Å². The lowest BCUT2D eigenvalue weighted by molar-refractivity contribution is -0.146. The van der Waals surface area contributed by atoms with Crippen LogP contribution >= 0.6 is 0 Å². The van der Waals surface area contributed by atoms with E-state index in [1.807, 2.05) is 36.4 Å². The predicted molar refractivity (Wildman–Crippen MR) is 138 cm³/mol. The first kappa shape index (κ1) is 25.8. The van der Waals surface area contributed by atoms with Crippen molar-refractivity contribution in [1.29, 1.82) is 0 Å². The monoisotopic (exact) mass is 487 g/mol. The molecule has 6 nitrogen and oxygen atoms in total. The van der Waals surface area contributed by atoms with Gasteiger partial charge >= 0.3 is 5.97 Å². The largest absolute Gasteiger partial charge is 0.479 e. The van der Waals surface area contributed by atoms with Gasteiger partial charge in [-0.15, -0.1) is 0 Å². The van der Waals surface area contributed by atoms with E-state index in [2.05, 4.69) is 29.2 Å². The summed E-state index contributed by atoms with van der Waals surface area (Å²) in [5.41, 5.74) is 3.13. The third kappa shape index (κ3) is 6.88. The van der Waals surface area contributed by atoms with Crippen LogP contribution in [0.3, 0.4) is 0 Å². The molecule has 4 rings (SSSR count). The summed E-state index contributed by atoms with van der Waals surface area (Å²) in [6, 6.07) is 26.9. The number of piperidine rings is 1. The Hall–Kier alpha value is -3.32. The van der Waals surface area contributed by atoms with Gasteiger partial charge in [0.2, 0.25) is 0 Å². The summed E-state index contributed by atoms with van der Waals surface area (Å²) < 4.78 is 6.62. The van der Waals surface area contributed by atoms with Crippen LogP contribution in [0, 0.1) is 0 Å². The number of aliphatic carboxylic acids is 1. The number of Topliss-reactive ketones (excluding diaryl/α,β-unsaturated/α-hetero) is 1. The molecule has 0 amide bonds. The highest BCUT2D eigenvalue weighted by Gasteiger charge is 2.25. The van der Waals surface area contributed by atoms with Gasteiger partial charge in [-0.25, -0.2) is 4.79 Å². The first-order chi connectivity index (χ1) is 17.5. The molecule has 36 heavy (non-hydrogen) atoms. The lowest BCUT2D eigenvalue weighted by Crippen LogP contribution is -2.38. The second-order valence-electron chi connectivity index (χ2n) is 9.27. The SMILES string of the molecule is O=C(CCCN1CCC(OC(c2ccccc2)c2ccccc2)CC1)c1ccc(C(O)C(=O)O)cc1. The number of benzene rings is 3. The van der Waals surface area contributed by atoms with Crippen molar-refractivity contribution in [3.63, 3.8) is 0 Å². The number of aliphatic hydroxyl groups excluding tert-OH is 1. The van der Waals surface area contributed by atoms with Gasteiger partial charge < -0.3 is 19.8 Å².